The van der Waals surface area contributed by atoms with E-state index in [1.165, 1.54) is 26.4 Å². The van der Waals surface area contributed by atoms with Crippen LogP contribution in [0.2, 0.25) is 0 Å². The maximum absolute atomic E-state index is 11.5. The summed E-state index contributed by atoms with van der Waals surface area (Å²) in [4.78, 5) is 26.6. The van der Waals surface area contributed by atoms with E-state index in [1.807, 2.05) is 4.90 Å². The minimum Gasteiger partial charge on any atom is -0.493 e. The summed E-state index contributed by atoms with van der Waals surface area (Å²) < 4.78 is 11.0. The maximum Gasteiger partial charge on any atom is 0.342 e. The molecule has 2 aliphatic rings. The molecular weight excluding hydrogens is 412 g/mol. The van der Waals surface area contributed by atoms with Gasteiger partial charge < -0.3 is 34.6 Å². The number of benzene rings is 1. The number of aromatic nitrogens is 2. The Hall–Kier alpha value is -2.95. The Labute approximate surface area is 188 Å². The lowest BCUT2D eigenvalue weighted by atomic mass is 10.3. The zero-order valence-electron chi connectivity index (χ0n) is 19.0. The molecule has 174 valence electrons. The van der Waals surface area contributed by atoms with Crippen molar-refractivity contribution in [2.75, 3.05) is 78.5 Å². The second kappa shape index (κ2) is 11.6. The Balaban J connectivity index is 0.000000352. The molecule has 0 atom stereocenters. The molecule has 2 saturated heterocycles. The highest BCUT2D eigenvalue weighted by atomic mass is 16.5. The van der Waals surface area contributed by atoms with Crippen molar-refractivity contribution in [3.63, 3.8) is 0 Å². The van der Waals surface area contributed by atoms with Crippen LogP contribution in [0, 0.1) is 0 Å². The van der Waals surface area contributed by atoms with Gasteiger partial charge >= 0.3 is 5.97 Å². The molecule has 0 radical (unpaired) electrons. The number of hydrogen-bond acceptors (Lipinski definition) is 9. The lowest BCUT2D eigenvalue weighted by molar-refractivity contribution is 0.0692. The summed E-state index contributed by atoms with van der Waals surface area (Å²) in [6.07, 6.45) is 1.29. The minimum atomic E-state index is -1.14. The molecule has 3 heterocycles. The number of likely N-dealkylation sites (N-methyl/N-ethyl adjacent to an activating group) is 2. The first-order valence-electron chi connectivity index (χ1n) is 10.7. The van der Waals surface area contributed by atoms with Gasteiger partial charge in [0.25, 0.3) is 0 Å². The number of carboxylic acids is 1. The highest BCUT2D eigenvalue weighted by Crippen LogP contribution is 2.32. The monoisotopic (exact) mass is 444 g/mol. The number of hydrogen-bond donors (Lipinski definition) is 2. The quantitative estimate of drug-likeness (QED) is 0.700. The van der Waals surface area contributed by atoms with Crippen LogP contribution in [0.4, 0.5) is 5.95 Å². The molecule has 4 rings (SSSR count). The zero-order chi connectivity index (χ0) is 22.9. The molecule has 32 heavy (non-hydrogen) atoms. The highest BCUT2D eigenvalue weighted by Gasteiger charge is 2.22. The summed E-state index contributed by atoms with van der Waals surface area (Å²) in [5.41, 5.74) is -0.0937. The fourth-order valence-corrected chi connectivity index (χ4v) is 3.32. The molecule has 10 nitrogen and oxygen atoms in total. The summed E-state index contributed by atoms with van der Waals surface area (Å²) in [7, 11) is 5.73. The van der Waals surface area contributed by atoms with Crippen LogP contribution in [0.25, 0.3) is 0 Å². The van der Waals surface area contributed by atoms with E-state index < -0.39 is 5.97 Å². The Morgan fingerprint density at radius 3 is 2.19 bits per heavy atom. The molecule has 1 aromatic heterocycles. The average Bonchev–Trinajstić information content (AvgIpc) is 2.81. The molecular formula is C22H32N6O4. The van der Waals surface area contributed by atoms with Crippen LogP contribution in [-0.4, -0.2) is 104 Å². The molecule has 2 aromatic rings. The number of anilines is 1. The average molecular weight is 445 g/mol. The highest BCUT2D eigenvalue weighted by molar-refractivity contribution is 5.90. The number of carboxylic acid groups (broad SMARTS) is 1. The fraction of sp³-hybridized carbons (Fsp3) is 0.500. The summed E-state index contributed by atoms with van der Waals surface area (Å²) >= 11 is 0. The molecule has 10 heteroatoms. The van der Waals surface area contributed by atoms with Gasteiger partial charge in [-0.1, -0.05) is 12.1 Å². The zero-order valence-corrected chi connectivity index (χ0v) is 19.0. The van der Waals surface area contributed by atoms with Crippen molar-refractivity contribution in [2.24, 2.45) is 0 Å². The van der Waals surface area contributed by atoms with Crippen LogP contribution in [0.1, 0.15) is 10.4 Å². The van der Waals surface area contributed by atoms with Gasteiger partial charge in [0.1, 0.15) is 5.56 Å². The van der Waals surface area contributed by atoms with Crippen molar-refractivity contribution >= 4 is 11.9 Å². The third-order valence-corrected chi connectivity index (χ3v) is 5.37. The van der Waals surface area contributed by atoms with E-state index in [-0.39, 0.29) is 11.4 Å². The van der Waals surface area contributed by atoms with Crippen LogP contribution < -0.4 is 19.7 Å². The predicted octanol–water partition coefficient (Wildman–Crippen LogP) is 1.25. The van der Waals surface area contributed by atoms with E-state index in [1.54, 1.807) is 24.3 Å². The van der Waals surface area contributed by atoms with Gasteiger partial charge in [-0.2, -0.15) is 4.98 Å². The third-order valence-electron chi connectivity index (χ3n) is 5.37. The second-order valence-corrected chi connectivity index (χ2v) is 7.79. The number of aromatic carboxylic acids is 1. The van der Waals surface area contributed by atoms with Crippen molar-refractivity contribution < 1.29 is 19.4 Å². The predicted molar refractivity (Wildman–Crippen MR) is 122 cm³/mol. The van der Waals surface area contributed by atoms with Crippen molar-refractivity contribution in [2.45, 2.75) is 0 Å². The van der Waals surface area contributed by atoms with Gasteiger partial charge in [0.05, 0.1) is 13.3 Å². The van der Waals surface area contributed by atoms with E-state index in [9.17, 15) is 9.90 Å². The normalized spacial score (nSPS) is 17.3. The van der Waals surface area contributed by atoms with Crippen molar-refractivity contribution in [3.05, 3.63) is 36.0 Å². The first-order chi connectivity index (χ1) is 15.5. The van der Waals surface area contributed by atoms with E-state index in [4.69, 9.17) is 9.47 Å². The van der Waals surface area contributed by atoms with Gasteiger partial charge in [0.2, 0.25) is 11.8 Å². The van der Waals surface area contributed by atoms with Crippen molar-refractivity contribution in [1.29, 1.82) is 0 Å². The Morgan fingerprint density at radius 1 is 1.00 bits per heavy atom. The number of nitrogens with one attached hydrogen (secondary N) is 1. The van der Waals surface area contributed by atoms with E-state index in [2.05, 4.69) is 39.2 Å². The molecule has 0 bridgehead atoms. The number of carbonyl (C=O) groups is 1. The largest absolute Gasteiger partial charge is 0.493 e. The maximum atomic E-state index is 11.5. The Morgan fingerprint density at radius 2 is 1.62 bits per heavy atom. The number of methoxy groups -OCH3 is 1. The van der Waals surface area contributed by atoms with Gasteiger partial charge in [-0.15, -0.1) is 0 Å². The van der Waals surface area contributed by atoms with Crippen LogP contribution in [0.5, 0.6) is 17.4 Å². The van der Waals surface area contributed by atoms with Crippen molar-refractivity contribution in [3.8, 4) is 17.4 Å². The van der Waals surface area contributed by atoms with Gasteiger partial charge in [0, 0.05) is 52.4 Å². The van der Waals surface area contributed by atoms with E-state index >= 15 is 0 Å². The van der Waals surface area contributed by atoms with Gasteiger partial charge in [-0.25, -0.2) is 9.78 Å². The lowest BCUT2D eigenvalue weighted by Crippen LogP contribution is -2.45. The molecule has 0 spiro atoms. The standard InChI is InChI=1S/C17H20N4O4.C5H12N2/c1-20-7-9-21(10-8-20)17-18-11-12(16(22)23)15(19-17)25-14-6-4-3-5-13(14)24-2;1-7-4-2-6-3-5-7/h3-6,11H,7-10H2,1-2H3,(H,22,23);6H,2-5H2,1H3. The summed E-state index contributed by atoms with van der Waals surface area (Å²) in [6, 6.07) is 7.01. The van der Waals surface area contributed by atoms with E-state index in [0.717, 1.165) is 39.3 Å². The summed E-state index contributed by atoms with van der Waals surface area (Å²) in [6.45, 7) is 8.08. The number of piperazine rings is 2. The van der Waals surface area contributed by atoms with Gasteiger partial charge in [-0.05, 0) is 26.2 Å². The third kappa shape index (κ3) is 6.52. The fourth-order valence-electron chi connectivity index (χ4n) is 3.32. The summed E-state index contributed by atoms with van der Waals surface area (Å²) in [5, 5.41) is 12.7. The SMILES string of the molecule is CN1CCNCC1.COc1ccccc1Oc1nc(N2CCN(C)CC2)ncc1C(=O)O. The molecule has 1 aromatic carbocycles. The lowest BCUT2D eigenvalue weighted by Gasteiger charge is -2.32. The molecule has 0 unspecified atom stereocenters. The molecule has 2 aliphatic heterocycles. The first kappa shape index (κ1) is 23.7. The van der Waals surface area contributed by atoms with Crippen molar-refractivity contribution in [1.82, 2.24) is 25.1 Å². The van der Waals surface area contributed by atoms with Crippen LogP contribution in [-0.2, 0) is 0 Å². The van der Waals surface area contributed by atoms with Crippen LogP contribution in [0.3, 0.4) is 0 Å². The van der Waals surface area contributed by atoms with Gasteiger partial charge in [-0.3, -0.25) is 0 Å². The first-order valence-corrected chi connectivity index (χ1v) is 10.7. The second-order valence-electron chi connectivity index (χ2n) is 7.79. The Kier molecular flexibility index (Phi) is 8.60. The number of ether oxygens (including phenoxy) is 2. The molecule has 0 saturated carbocycles. The van der Waals surface area contributed by atoms with Crippen LogP contribution in [0.15, 0.2) is 30.5 Å². The number of para-hydroxylation sites is 2. The Bertz CT molecular complexity index is 882. The van der Waals surface area contributed by atoms with E-state index in [0.29, 0.717) is 17.4 Å². The molecule has 2 fully saturated rings. The molecule has 0 aliphatic carbocycles. The minimum absolute atomic E-state index is 0.000859. The summed E-state index contributed by atoms with van der Waals surface area (Å²) in [5.74, 6) is 0.216. The topological polar surface area (TPSA) is 103 Å². The van der Waals surface area contributed by atoms with Gasteiger partial charge in [0.15, 0.2) is 11.5 Å². The smallest absolute Gasteiger partial charge is 0.342 e. The molecule has 0 amide bonds. The number of nitrogens with zero attached hydrogens (tertiary/aromatic N) is 5. The molecule has 2 N–H and O–H groups in total. The number of rotatable bonds is 5. The van der Waals surface area contributed by atoms with Crippen LogP contribution >= 0.6 is 0 Å².